The first-order valence-corrected chi connectivity index (χ1v) is 8.29. The lowest BCUT2D eigenvalue weighted by Crippen LogP contribution is -2.54. The quantitative estimate of drug-likeness (QED) is 0.740. The Morgan fingerprint density at radius 1 is 1.22 bits per heavy atom. The number of likely N-dealkylation sites (tertiary alicyclic amines) is 1. The Hall–Kier alpha value is -2.31. The van der Waals surface area contributed by atoms with E-state index in [1.54, 1.807) is 10.3 Å². The van der Waals surface area contributed by atoms with Crippen molar-refractivity contribution in [2.45, 2.75) is 12.7 Å². The normalized spacial score (nSPS) is 14.9. The minimum absolute atomic E-state index is 0.0660. The second-order valence-electron chi connectivity index (χ2n) is 5.57. The van der Waals surface area contributed by atoms with Crippen LogP contribution < -0.4 is 0 Å². The maximum atomic E-state index is 12.1. The van der Waals surface area contributed by atoms with Crippen LogP contribution in [0.2, 0.25) is 0 Å². The fourth-order valence-corrected chi connectivity index (χ4v) is 3.19. The summed E-state index contributed by atoms with van der Waals surface area (Å²) in [7, 11) is 0. The lowest BCUT2D eigenvalue weighted by atomic mass is 10.1. The monoisotopic (exact) mass is 325 g/mol. The van der Waals surface area contributed by atoms with Gasteiger partial charge in [-0.15, -0.1) is 5.10 Å². The average Bonchev–Trinajstić information content (AvgIpc) is 3.08. The highest BCUT2D eigenvalue weighted by molar-refractivity contribution is 7.03. The van der Waals surface area contributed by atoms with Crippen molar-refractivity contribution < 1.29 is 9.53 Å². The molecule has 1 fully saturated rings. The molecular weight excluding hydrogens is 310 g/mol. The highest BCUT2D eigenvalue weighted by atomic mass is 32.1. The van der Waals surface area contributed by atoms with E-state index in [0.717, 1.165) is 0 Å². The number of carbonyl (C=O) groups excluding carboxylic acids is 1. The van der Waals surface area contributed by atoms with Gasteiger partial charge in [-0.2, -0.15) is 0 Å². The number of fused-ring (bicyclic) bond motifs is 1. The van der Waals surface area contributed by atoms with Gasteiger partial charge in [0.1, 0.15) is 0 Å². The van der Waals surface area contributed by atoms with E-state index in [-0.39, 0.29) is 12.0 Å². The van der Waals surface area contributed by atoms with Gasteiger partial charge in [-0.1, -0.05) is 47.0 Å². The fraction of sp³-hybridized carbons (Fsp3) is 0.235. The summed E-state index contributed by atoms with van der Waals surface area (Å²) in [6, 6.07) is 14.5. The molecule has 2 aromatic carbocycles. The zero-order valence-corrected chi connectivity index (χ0v) is 13.2. The second kappa shape index (κ2) is 6.06. The van der Waals surface area contributed by atoms with Crippen molar-refractivity contribution in [3.63, 3.8) is 0 Å². The van der Waals surface area contributed by atoms with Crippen molar-refractivity contribution in [1.29, 1.82) is 0 Å². The number of hydrogen-bond donors (Lipinski definition) is 0. The summed E-state index contributed by atoms with van der Waals surface area (Å²) in [4.78, 5) is 13.8. The number of amides is 1. The summed E-state index contributed by atoms with van der Waals surface area (Å²) in [5, 5.41) is 7.92. The maximum absolute atomic E-state index is 12.1. The van der Waals surface area contributed by atoms with Crippen molar-refractivity contribution >= 4 is 28.2 Å². The summed E-state index contributed by atoms with van der Waals surface area (Å²) >= 11 is 1.19. The number of nitrogens with zero attached hydrogens (tertiary/aromatic N) is 3. The highest BCUT2D eigenvalue weighted by Gasteiger charge is 2.32. The molecule has 1 aliphatic heterocycles. The summed E-state index contributed by atoms with van der Waals surface area (Å²) in [6.45, 7) is 1.79. The zero-order chi connectivity index (χ0) is 15.6. The number of benzene rings is 2. The van der Waals surface area contributed by atoms with Crippen LogP contribution in [-0.2, 0) is 11.3 Å². The number of carbonyl (C=O) groups is 1. The lowest BCUT2D eigenvalue weighted by molar-refractivity contribution is -0.0501. The molecule has 1 aromatic heterocycles. The first kappa shape index (κ1) is 14.3. The van der Waals surface area contributed by atoms with Gasteiger partial charge in [-0.3, -0.25) is 4.79 Å². The molecule has 3 aromatic rings. The third kappa shape index (κ3) is 2.83. The Labute approximate surface area is 137 Å². The molecule has 0 aliphatic carbocycles. The molecule has 0 atom stereocenters. The van der Waals surface area contributed by atoms with Gasteiger partial charge in [0.05, 0.1) is 12.7 Å². The molecule has 4 rings (SSSR count). The molecule has 6 heteroatoms. The zero-order valence-electron chi connectivity index (χ0n) is 12.4. The third-order valence-electron chi connectivity index (χ3n) is 4.07. The largest absolute Gasteiger partial charge is 0.370 e. The van der Waals surface area contributed by atoms with Gasteiger partial charge in [0.15, 0.2) is 5.69 Å². The van der Waals surface area contributed by atoms with Gasteiger partial charge in [0.2, 0.25) is 0 Å². The molecule has 1 aliphatic rings. The van der Waals surface area contributed by atoms with Crippen molar-refractivity contribution in [2.75, 3.05) is 13.1 Å². The van der Waals surface area contributed by atoms with Crippen LogP contribution in [0.5, 0.6) is 0 Å². The molecule has 1 amide bonds. The minimum Gasteiger partial charge on any atom is -0.370 e. The topological polar surface area (TPSA) is 55.3 Å². The van der Waals surface area contributed by atoms with Gasteiger partial charge in [0, 0.05) is 18.5 Å². The third-order valence-corrected chi connectivity index (χ3v) is 4.57. The number of aromatic nitrogens is 2. The van der Waals surface area contributed by atoms with Gasteiger partial charge >= 0.3 is 0 Å². The van der Waals surface area contributed by atoms with Gasteiger partial charge in [0.25, 0.3) is 5.91 Å². The maximum Gasteiger partial charge on any atom is 0.275 e. The van der Waals surface area contributed by atoms with E-state index in [1.807, 2.05) is 18.2 Å². The van der Waals surface area contributed by atoms with Gasteiger partial charge in [-0.25, -0.2) is 0 Å². The first-order valence-electron chi connectivity index (χ1n) is 7.46. The molecule has 23 heavy (non-hydrogen) atoms. The van der Waals surface area contributed by atoms with Crippen LogP contribution in [0, 0.1) is 0 Å². The SMILES string of the molecule is O=C(c1csnn1)N1CC(OCc2cccc3ccccc23)C1. The predicted molar refractivity (Wildman–Crippen MR) is 88.3 cm³/mol. The minimum atomic E-state index is -0.0660. The Morgan fingerprint density at radius 3 is 2.87 bits per heavy atom. The van der Waals surface area contributed by atoms with E-state index in [0.29, 0.717) is 25.4 Å². The summed E-state index contributed by atoms with van der Waals surface area (Å²) in [5.41, 5.74) is 1.60. The average molecular weight is 325 g/mol. The number of rotatable bonds is 4. The molecule has 0 unspecified atom stereocenters. The van der Waals surface area contributed by atoms with Crippen molar-refractivity contribution in [2.24, 2.45) is 0 Å². The van der Waals surface area contributed by atoms with E-state index in [1.165, 1.54) is 27.9 Å². The molecule has 0 spiro atoms. The van der Waals surface area contributed by atoms with Crippen molar-refractivity contribution in [3.8, 4) is 0 Å². The number of hydrogen-bond acceptors (Lipinski definition) is 5. The van der Waals surface area contributed by atoms with Crippen LogP contribution in [0.1, 0.15) is 16.1 Å². The van der Waals surface area contributed by atoms with Crippen LogP contribution in [0.4, 0.5) is 0 Å². The summed E-state index contributed by atoms with van der Waals surface area (Å²) in [5.74, 6) is -0.0660. The van der Waals surface area contributed by atoms with E-state index >= 15 is 0 Å². The van der Waals surface area contributed by atoms with Crippen LogP contribution >= 0.6 is 11.5 Å². The van der Waals surface area contributed by atoms with Crippen LogP contribution in [-0.4, -0.2) is 39.6 Å². The molecule has 116 valence electrons. The predicted octanol–water partition coefficient (Wildman–Crippen LogP) is 2.73. The van der Waals surface area contributed by atoms with Crippen LogP contribution in [0.3, 0.4) is 0 Å². The summed E-state index contributed by atoms with van der Waals surface area (Å²) < 4.78 is 9.66. The standard InChI is InChI=1S/C17H15N3O2S/c21-17(16-11-23-19-18-16)20-8-14(9-20)22-10-13-6-3-5-12-4-1-2-7-15(12)13/h1-7,11,14H,8-10H2. The Morgan fingerprint density at radius 2 is 2.04 bits per heavy atom. The molecule has 0 bridgehead atoms. The lowest BCUT2D eigenvalue weighted by Gasteiger charge is -2.38. The molecule has 0 saturated carbocycles. The Bertz CT molecular complexity index is 823. The molecule has 0 radical (unpaired) electrons. The van der Waals surface area contributed by atoms with Gasteiger partial charge < -0.3 is 9.64 Å². The van der Waals surface area contributed by atoms with E-state index in [4.69, 9.17) is 4.74 Å². The molecule has 0 N–H and O–H groups in total. The van der Waals surface area contributed by atoms with E-state index in [2.05, 4.69) is 33.9 Å². The highest BCUT2D eigenvalue weighted by Crippen LogP contribution is 2.22. The van der Waals surface area contributed by atoms with Gasteiger partial charge in [-0.05, 0) is 27.9 Å². The second-order valence-corrected chi connectivity index (χ2v) is 6.18. The summed E-state index contributed by atoms with van der Waals surface area (Å²) in [6.07, 6.45) is 0.0875. The van der Waals surface area contributed by atoms with Crippen LogP contribution in [0.15, 0.2) is 47.8 Å². The Kier molecular flexibility index (Phi) is 3.77. The number of ether oxygens (including phenoxy) is 1. The van der Waals surface area contributed by atoms with E-state index in [9.17, 15) is 4.79 Å². The van der Waals surface area contributed by atoms with Crippen LogP contribution in [0.25, 0.3) is 10.8 Å². The molecule has 1 saturated heterocycles. The molecule has 2 heterocycles. The first-order chi connectivity index (χ1) is 11.3. The van der Waals surface area contributed by atoms with Crippen molar-refractivity contribution in [1.82, 2.24) is 14.5 Å². The fourth-order valence-electron chi connectivity index (χ4n) is 2.76. The van der Waals surface area contributed by atoms with Crippen molar-refractivity contribution in [3.05, 3.63) is 59.1 Å². The van der Waals surface area contributed by atoms with E-state index < -0.39 is 0 Å². The Balaban J connectivity index is 1.35. The smallest absolute Gasteiger partial charge is 0.275 e. The molecule has 5 nitrogen and oxygen atoms in total. The molecular formula is C17H15N3O2S.